The summed E-state index contributed by atoms with van der Waals surface area (Å²) in [6.45, 7) is 1.94. The summed E-state index contributed by atoms with van der Waals surface area (Å²) in [7, 11) is 0. The van der Waals surface area contributed by atoms with Crippen molar-refractivity contribution in [3.8, 4) is 0 Å². The predicted molar refractivity (Wildman–Crippen MR) is 60.6 cm³/mol. The number of rotatable bonds is 2. The molecule has 0 amide bonds. The Morgan fingerprint density at radius 2 is 1.67 bits per heavy atom. The fraction of sp³-hybridized carbons (Fsp3) is 1.00. The molecule has 2 heteroatoms. The van der Waals surface area contributed by atoms with Crippen LogP contribution in [0.15, 0.2) is 0 Å². The first-order chi connectivity index (χ1) is 7.02. The van der Waals surface area contributed by atoms with Crippen molar-refractivity contribution in [3.05, 3.63) is 0 Å². The number of aliphatic hydroxyl groups is 2. The van der Waals surface area contributed by atoms with Crippen LogP contribution in [0.25, 0.3) is 0 Å². The smallest absolute Gasteiger partial charge is 0.0651 e. The Morgan fingerprint density at radius 3 is 2.20 bits per heavy atom. The maximum Gasteiger partial charge on any atom is 0.0651 e. The Labute approximate surface area is 92.7 Å². The van der Waals surface area contributed by atoms with E-state index in [1.54, 1.807) is 0 Å². The summed E-state index contributed by atoms with van der Waals surface area (Å²) < 4.78 is 0. The molecule has 0 aromatic heterocycles. The molecule has 0 aromatic carbocycles. The minimum absolute atomic E-state index is 0.320. The highest BCUT2D eigenvalue weighted by molar-refractivity contribution is 4.94. The van der Waals surface area contributed by atoms with E-state index in [9.17, 15) is 10.2 Å². The highest BCUT2D eigenvalue weighted by Gasteiger charge is 2.42. The molecule has 15 heavy (non-hydrogen) atoms. The monoisotopic (exact) mass is 212 g/mol. The van der Waals surface area contributed by atoms with Gasteiger partial charge in [0.15, 0.2) is 0 Å². The molecule has 2 atom stereocenters. The fourth-order valence-electron chi connectivity index (χ4n) is 3.42. The Kier molecular flexibility index (Phi) is 3.09. The molecular formula is C13H24O2. The van der Waals surface area contributed by atoms with Gasteiger partial charge in [0.1, 0.15) is 0 Å². The lowest BCUT2D eigenvalue weighted by Gasteiger charge is -2.37. The minimum Gasteiger partial charge on any atom is -0.390 e. The summed E-state index contributed by atoms with van der Waals surface area (Å²) in [5.41, 5.74) is -0.982. The highest BCUT2D eigenvalue weighted by atomic mass is 16.3. The lowest BCUT2D eigenvalue weighted by Crippen LogP contribution is -2.39. The maximum atomic E-state index is 10.5. The molecule has 2 nitrogen and oxygen atoms in total. The van der Waals surface area contributed by atoms with Crippen LogP contribution in [0.2, 0.25) is 0 Å². The first-order valence-corrected chi connectivity index (χ1v) is 6.47. The summed E-state index contributed by atoms with van der Waals surface area (Å²) >= 11 is 0. The summed E-state index contributed by atoms with van der Waals surface area (Å²) in [6.07, 6.45) is 9.41. The second kappa shape index (κ2) is 4.06. The van der Waals surface area contributed by atoms with Crippen LogP contribution >= 0.6 is 0 Å². The Bertz CT molecular complexity index is 217. The molecule has 0 heterocycles. The van der Waals surface area contributed by atoms with Crippen molar-refractivity contribution in [3.63, 3.8) is 0 Å². The average Bonchev–Trinajstić information content (AvgIpc) is 2.46. The third kappa shape index (κ3) is 2.54. The zero-order valence-electron chi connectivity index (χ0n) is 9.84. The molecule has 2 saturated carbocycles. The zero-order valence-corrected chi connectivity index (χ0v) is 9.84. The van der Waals surface area contributed by atoms with Crippen molar-refractivity contribution >= 4 is 0 Å². The standard InChI is InChI=1S/C13H24O2/c1-12(14)7-5-6-11(12)10-13(15)8-3-2-4-9-13/h11,14-15H,2-10H2,1H3/t11-,12+/m1/s1. The summed E-state index contributed by atoms with van der Waals surface area (Å²) in [4.78, 5) is 0. The molecule has 0 saturated heterocycles. The summed E-state index contributed by atoms with van der Waals surface area (Å²) in [6, 6.07) is 0. The van der Waals surface area contributed by atoms with Crippen LogP contribution in [-0.2, 0) is 0 Å². The highest BCUT2D eigenvalue weighted by Crippen LogP contribution is 2.43. The van der Waals surface area contributed by atoms with E-state index in [1.807, 2.05) is 6.92 Å². The minimum atomic E-state index is -0.521. The third-order valence-corrected chi connectivity index (χ3v) is 4.53. The zero-order chi connectivity index (χ0) is 10.9. The van der Waals surface area contributed by atoms with E-state index in [0.717, 1.165) is 51.4 Å². The van der Waals surface area contributed by atoms with Crippen molar-refractivity contribution in [2.24, 2.45) is 5.92 Å². The number of hydrogen-bond acceptors (Lipinski definition) is 2. The number of hydrogen-bond donors (Lipinski definition) is 2. The van der Waals surface area contributed by atoms with Gasteiger partial charge >= 0.3 is 0 Å². The molecule has 0 radical (unpaired) electrons. The van der Waals surface area contributed by atoms with Crippen LogP contribution in [0.1, 0.15) is 64.7 Å². The van der Waals surface area contributed by atoms with Gasteiger partial charge in [0.2, 0.25) is 0 Å². The topological polar surface area (TPSA) is 40.5 Å². The van der Waals surface area contributed by atoms with E-state index >= 15 is 0 Å². The quantitative estimate of drug-likeness (QED) is 0.738. The molecule has 0 aliphatic heterocycles. The SMILES string of the molecule is C[C@]1(O)CCC[C@@H]1CC1(O)CCCCC1. The van der Waals surface area contributed by atoms with Gasteiger partial charge in [0.05, 0.1) is 11.2 Å². The first-order valence-electron chi connectivity index (χ1n) is 6.47. The fourth-order valence-corrected chi connectivity index (χ4v) is 3.42. The Hall–Kier alpha value is -0.0800. The first kappa shape index (κ1) is 11.4. The molecule has 2 rings (SSSR count). The second-order valence-electron chi connectivity index (χ2n) is 5.94. The van der Waals surface area contributed by atoms with Crippen molar-refractivity contribution in [2.45, 2.75) is 75.9 Å². The third-order valence-electron chi connectivity index (χ3n) is 4.53. The van der Waals surface area contributed by atoms with Crippen LogP contribution in [0, 0.1) is 5.92 Å². The van der Waals surface area contributed by atoms with Crippen LogP contribution in [0.3, 0.4) is 0 Å². The summed E-state index contributed by atoms with van der Waals surface area (Å²) in [5, 5.41) is 20.6. The van der Waals surface area contributed by atoms with E-state index in [4.69, 9.17) is 0 Å². The molecule has 0 bridgehead atoms. The molecule has 0 aromatic rings. The van der Waals surface area contributed by atoms with Crippen molar-refractivity contribution in [1.29, 1.82) is 0 Å². The van der Waals surface area contributed by atoms with Crippen LogP contribution in [0.4, 0.5) is 0 Å². The van der Waals surface area contributed by atoms with Crippen LogP contribution in [0.5, 0.6) is 0 Å². The Balaban J connectivity index is 1.95. The maximum absolute atomic E-state index is 10.5. The molecule has 0 unspecified atom stereocenters. The van der Waals surface area contributed by atoms with E-state index < -0.39 is 11.2 Å². The van der Waals surface area contributed by atoms with Gasteiger partial charge in [0.25, 0.3) is 0 Å². The molecule has 2 fully saturated rings. The van der Waals surface area contributed by atoms with Crippen molar-refractivity contribution in [1.82, 2.24) is 0 Å². The predicted octanol–water partition coefficient (Wildman–Crippen LogP) is 2.62. The molecule has 2 aliphatic rings. The molecule has 2 N–H and O–H groups in total. The molecule has 88 valence electrons. The lowest BCUT2D eigenvalue weighted by atomic mass is 9.75. The van der Waals surface area contributed by atoms with Gasteiger partial charge in [-0.1, -0.05) is 25.7 Å². The molecule has 0 spiro atoms. The van der Waals surface area contributed by atoms with Gasteiger partial charge in [0, 0.05) is 0 Å². The molecule has 2 aliphatic carbocycles. The van der Waals surface area contributed by atoms with Crippen LogP contribution in [-0.4, -0.2) is 21.4 Å². The van der Waals surface area contributed by atoms with E-state index in [2.05, 4.69) is 0 Å². The van der Waals surface area contributed by atoms with Gasteiger partial charge in [-0.15, -0.1) is 0 Å². The van der Waals surface area contributed by atoms with E-state index in [0.29, 0.717) is 5.92 Å². The van der Waals surface area contributed by atoms with E-state index in [-0.39, 0.29) is 0 Å². The van der Waals surface area contributed by atoms with Gasteiger partial charge in [-0.25, -0.2) is 0 Å². The normalized spacial score (nSPS) is 40.6. The lowest BCUT2D eigenvalue weighted by molar-refractivity contribution is -0.0581. The second-order valence-corrected chi connectivity index (χ2v) is 5.94. The van der Waals surface area contributed by atoms with Crippen molar-refractivity contribution < 1.29 is 10.2 Å². The van der Waals surface area contributed by atoms with Gasteiger partial charge < -0.3 is 10.2 Å². The average molecular weight is 212 g/mol. The largest absolute Gasteiger partial charge is 0.390 e. The van der Waals surface area contributed by atoms with Crippen LogP contribution < -0.4 is 0 Å². The van der Waals surface area contributed by atoms with E-state index in [1.165, 1.54) is 6.42 Å². The molecular weight excluding hydrogens is 188 g/mol. The summed E-state index contributed by atoms with van der Waals surface area (Å²) in [5.74, 6) is 0.320. The van der Waals surface area contributed by atoms with Gasteiger partial charge in [-0.05, 0) is 44.9 Å². The van der Waals surface area contributed by atoms with Crippen molar-refractivity contribution in [2.75, 3.05) is 0 Å². The van der Waals surface area contributed by atoms with Gasteiger partial charge in [-0.2, -0.15) is 0 Å². The van der Waals surface area contributed by atoms with Gasteiger partial charge in [-0.3, -0.25) is 0 Å². The Morgan fingerprint density at radius 1 is 1.00 bits per heavy atom.